The molecule has 24 heavy (non-hydrogen) atoms. The fraction of sp³-hybridized carbons (Fsp3) is 0.286. The van der Waals surface area contributed by atoms with Gasteiger partial charge in [-0.1, -0.05) is 33.8 Å². The molecule has 3 rings (SSSR count). The molecule has 0 unspecified atom stereocenters. The second-order valence-electron chi connectivity index (χ2n) is 5.92. The molecule has 0 fully saturated rings. The van der Waals surface area contributed by atoms with Crippen molar-refractivity contribution in [2.75, 3.05) is 0 Å². The van der Waals surface area contributed by atoms with Crippen molar-refractivity contribution in [1.82, 2.24) is 0 Å². The normalized spacial score (nSPS) is 8.83. The fourth-order valence-corrected chi connectivity index (χ4v) is 2.20. The van der Waals surface area contributed by atoms with Crippen LogP contribution in [0.15, 0.2) is 48.5 Å². The van der Waals surface area contributed by atoms with Crippen LogP contribution in [0.3, 0.4) is 0 Å². The van der Waals surface area contributed by atoms with Crippen LogP contribution in [0.4, 0.5) is 0 Å². The Morgan fingerprint density at radius 1 is 1.00 bits per heavy atom. The van der Waals surface area contributed by atoms with Gasteiger partial charge in [0.25, 0.3) is 0 Å². The van der Waals surface area contributed by atoms with Crippen LogP contribution >= 0.6 is 0 Å². The summed E-state index contributed by atoms with van der Waals surface area (Å²) in [4.78, 5) is 0. The van der Waals surface area contributed by atoms with E-state index < -0.39 is 0 Å². The van der Waals surface area contributed by atoms with E-state index in [1.807, 2.05) is 0 Å². The zero-order chi connectivity index (χ0) is 16.7. The van der Waals surface area contributed by atoms with Gasteiger partial charge >= 0.3 is 37.6 Å². The summed E-state index contributed by atoms with van der Waals surface area (Å²) in [5.41, 5.74) is 5.75. The van der Waals surface area contributed by atoms with Crippen LogP contribution < -0.4 is 24.8 Å². The molecule has 0 atom stereocenters. The van der Waals surface area contributed by atoms with Gasteiger partial charge in [-0.05, 0) is 0 Å². The van der Waals surface area contributed by atoms with Crippen molar-refractivity contribution in [3.05, 3.63) is 70.8 Å². The van der Waals surface area contributed by atoms with Gasteiger partial charge in [0.05, 0.1) is 0 Å². The molecule has 0 aliphatic heterocycles. The van der Waals surface area contributed by atoms with E-state index in [0.29, 0.717) is 0 Å². The molecule has 0 bridgehead atoms. The maximum absolute atomic E-state index is 2.24. The molecule has 3 heteroatoms. The Labute approximate surface area is 171 Å². The van der Waals surface area contributed by atoms with Crippen molar-refractivity contribution in [1.29, 1.82) is 0 Å². The smallest absolute Gasteiger partial charge is 0.0630 e. The van der Waals surface area contributed by atoms with Crippen molar-refractivity contribution < 1.29 is 44.8 Å². The Balaban J connectivity index is 0. The largest absolute Gasteiger partial charge is 1.00 e. The van der Waals surface area contributed by atoms with Crippen LogP contribution in [0.25, 0.3) is 10.8 Å². The van der Waals surface area contributed by atoms with Crippen molar-refractivity contribution in [3.8, 4) is 0 Å². The molecule has 0 radical (unpaired) electrons. The van der Waals surface area contributed by atoms with Gasteiger partial charge in [0.1, 0.15) is 0 Å². The Morgan fingerprint density at radius 2 is 1.54 bits per heavy atom. The minimum absolute atomic E-state index is 0. The van der Waals surface area contributed by atoms with Gasteiger partial charge in [-0.3, -0.25) is 0 Å². The molecule has 0 aromatic heterocycles. The Morgan fingerprint density at radius 3 is 1.92 bits per heavy atom. The molecule has 3 aromatic rings. The summed E-state index contributed by atoms with van der Waals surface area (Å²) in [7, 11) is 0. The Hall–Kier alpha value is -0.656. The van der Waals surface area contributed by atoms with Crippen molar-refractivity contribution >= 4 is 14.6 Å². The topological polar surface area (TPSA) is 0 Å². The second kappa shape index (κ2) is 12.7. The van der Waals surface area contributed by atoms with Gasteiger partial charge in [0.15, 0.2) is 0 Å². The summed E-state index contributed by atoms with van der Waals surface area (Å²) in [6.45, 7) is 12.8. The molecule has 0 nitrogen and oxygen atoms in total. The van der Waals surface area contributed by atoms with E-state index in [2.05, 4.69) is 110 Å². The average molecular weight is 397 g/mol. The quantitative estimate of drug-likeness (QED) is 0.369. The van der Waals surface area contributed by atoms with E-state index in [4.69, 9.17) is 0 Å². The number of rotatable bonds is 0. The molecule has 3 aromatic carbocycles. The SMILES string of the molecule is C[C](C)=[Ti+2].Cc1c[c-](C)c(C)c1C.[Cl-].[Cl-].c1ccc2[cH-]ccc2c1. The molecule has 130 valence electrons. The van der Waals surface area contributed by atoms with Gasteiger partial charge in [-0.25, -0.2) is 0 Å². The van der Waals surface area contributed by atoms with E-state index in [1.54, 1.807) is 0 Å². The third-order valence-electron chi connectivity index (χ3n) is 3.73. The second-order valence-corrected chi connectivity index (χ2v) is 7.48. The van der Waals surface area contributed by atoms with E-state index in [-0.39, 0.29) is 24.8 Å². The molecule has 0 heterocycles. The van der Waals surface area contributed by atoms with Crippen molar-refractivity contribution in [2.45, 2.75) is 41.5 Å². The summed E-state index contributed by atoms with van der Waals surface area (Å²) in [5, 5.41) is 2.66. The minimum Gasteiger partial charge on any atom is -1.00 e. The molecule has 0 N–H and O–H groups in total. The van der Waals surface area contributed by atoms with E-state index >= 15 is 0 Å². The standard InChI is InChI=1S/C9H7.C9H13.C3H6.2ClH.Ti/c1-2-5-9-7-3-6-8(9)4-1;1-6-5-7(2)9(4)8(6)3;1-3-2;;;/h1-7H;5H,1-4H3;1-2H3;2*1H;/q2*-1;;;;+2/p-2. The molecule has 0 aliphatic carbocycles. The third kappa shape index (κ3) is 8.44. The van der Waals surface area contributed by atoms with Gasteiger partial charge in [-0.2, -0.15) is 45.8 Å². The zero-order valence-corrected chi connectivity index (χ0v) is 18.4. The Kier molecular flexibility index (Phi) is 13.5. The number of aryl methyl sites for hydroxylation is 2. The van der Waals surface area contributed by atoms with Gasteiger partial charge < -0.3 is 24.8 Å². The van der Waals surface area contributed by atoms with Gasteiger partial charge in [-0.15, -0.1) is 29.7 Å². The molecule has 0 amide bonds. The molecule has 0 aliphatic rings. The summed E-state index contributed by atoms with van der Waals surface area (Å²) in [5.74, 6) is 0. The number of benzene rings is 1. The number of hydrogen-bond acceptors (Lipinski definition) is 0. The van der Waals surface area contributed by atoms with Crippen LogP contribution in [-0.2, 0) is 20.0 Å². The molecule has 0 spiro atoms. The van der Waals surface area contributed by atoms with Crippen LogP contribution in [0.5, 0.6) is 0 Å². The first-order valence-corrected chi connectivity index (χ1v) is 8.43. The molecular formula is C21H26Cl2Ti-2. The average Bonchev–Trinajstić information content (AvgIpc) is 3.01. The van der Waals surface area contributed by atoms with Crippen LogP contribution in [-0.4, -0.2) is 3.81 Å². The van der Waals surface area contributed by atoms with Gasteiger partial charge in [0.2, 0.25) is 0 Å². The maximum atomic E-state index is 2.24. The van der Waals surface area contributed by atoms with Crippen molar-refractivity contribution in [2.24, 2.45) is 0 Å². The summed E-state index contributed by atoms with van der Waals surface area (Å²) in [6, 6.07) is 16.9. The molecular weight excluding hydrogens is 371 g/mol. The molecule has 0 saturated heterocycles. The summed E-state index contributed by atoms with van der Waals surface area (Å²) in [6.07, 6.45) is 0. The first-order valence-electron chi connectivity index (χ1n) is 7.65. The zero-order valence-electron chi connectivity index (χ0n) is 15.4. The number of halogens is 2. The monoisotopic (exact) mass is 396 g/mol. The predicted octanol–water partition coefficient (Wildman–Crippen LogP) is -0.0487. The van der Waals surface area contributed by atoms with Gasteiger partial charge in [0, 0.05) is 0 Å². The van der Waals surface area contributed by atoms with Crippen LogP contribution in [0.1, 0.15) is 36.1 Å². The molecule has 0 saturated carbocycles. The number of fused-ring (bicyclic) bond motifs is 1. The van der Waals surface area contributed by atoms with E-state index in [9.17, 15) is 0 Å². The van der Waals surface area contributed by atoms with Crippen LogP contribution in [0, 0.1) is 27.7 Å². The first kappa shape index (κ1) is 25.6. The number of hydrogen-bond donors (Lipinski definition) is 0. The summed E-state index contributed by atoms with van der Waals surface area (Å²) >= 11 is 2.08. The van der Waals surface area contributed by atoms with Crippen molar-refractivity contribution in [3.63, 3.8) is 0 Å². The van der Waals surface area contributed by atoms with E-state index in [0.717, 1.165) is 0 Å². The van der Waals surface area contributed by atoms with E-state index in [1.165, 1.54) is 36.8 Å². The predicted molar refractivity (Wildman–Crippen MR) is 96.9 cm³/mol. The Bertz CT molecular complexity index is 679. The van der Waals surface area contributed by atoms with Crippen LogP contribution in [0.2, 0.25) is 0 Å². The summed E-state index contributed by atoms with van der Waals surface area (Å²) < 4.78 is 1.42. The fourth-order valence-electron chi connectivity index (χ4n) is 2.20. The maximum Gasteiger partial charge on any atom is -0.0630 e. The minimum atomic E-state index is 0. The third-order valence-corrected chi connectivity index (χ3v) is 3.73. The first-order chi connectivity index (χ1) is 10.3.